The van der Waals surface area contributed by atoms with Crippen molar-refractivity contribution in [3.05, 3.63) is 84.2 Å². The molecule has 3 aromatic rings. The molecule has 0 radical (unpaired) electrons. The lowest BCUT2D eigenvalue weighted by Crippen LogP contribution is -2.38. The molecular formula is C24H26N4O. The van der Waals surface area contributed by atoms with Gasteiger partial charge in [-0.25, -0.2) is 9.97 Å². The number of para-hydroxylation sites is 1. The van der Waals surface area contributed by atoms with Crippen molar-refractivity contribution in [3.63, 3.8) is 0 Å². The summed E-state index contributed by atoms with van der Waals surface area (Å²) in [6.07, 6.45) is 5.43. The van der Waals surface area contributed by atoms with E-state index in [1.165, 1.54) is 5.56 Å². The fourth-order valence-electron chi connectivity index (χ4n) is 3.62. The van der Waals surface area contributed by atoms with Crippen molar-refractivity contribution < 1.29 is 4.79 Å². The molecule has 0 spiro atoms. The highest BCUT2D eigenvalue weighted by Gasteiger charge is 2.22. The minimum Gasteiger partial charge on any atom is -0.339 e. The number of piperidine rings is 1. The maximum atomic E-state index is 12.8. The summed E-state index contributed by atoms with van der Waals surface area (Å²) in [7, 11) is 0. The van der Waals surface area contributed by atoms with Crippen LogP contribution in [-0.2, 0) is 6.54 Å². The van der Waals surface area contributed by atoms with Crippen LogP contribution in [0.3, 0.4) is 0 Å². The van der Waals surface area contributed by atoms with Crippen LogP contribution in [-0.4, -0.2) is 33.9 Å². The second kappa shape index (κ2) is 8.86. The molecule has 1 aliphatic rings. The number of carbonyl (C=O) groups excluding carboxylic acids is 1. The number of nitrogens with zero attached hydrogens (tertiary/aromatic N) is 4. The van der Waals surface area contributed by atoms with Gasteiger partial charge >= 0.3 is 0 Å². The molecule has 0 unspecified atom stereocenters. The van der Waals surface area contributed by atoms with Gasteiger partial charge in [0.1, 0.15) is 0 Å². The van der Waals surface area contributed by atoms with E-state index in [4.69, 9.17) is 0 Å². The standard InChI is InChI=1S/C24H26N4O/c1-19-12-14-27(15-13-19)23(29)21-16-25-24(26-17-21)28(22-10-6-3-7-11-22)18-20-8-4-2-5-9-20/h2-11,16-17,19H,12-15,18H2,1H3. The van der Waals surface area contributed by atoms with E-state index in [0.717, 1.165) is 31.6 Å². The number of amides is 1. The maximum absolute atomic E-state index is 12.8. The molecular weight excluding hydrogens is 360 g/mol. The molecule has 1 fully saturated rings. The van der Waals surface area contributed by atoms with Crippen molar-refractivity contribution in [2.75, 3.05) is 18.0 Å². The maximum Gasteiger partial charge on any atom is 0.256 e. The van der Waals surface area contributed by atoms with E-state index in [9.17, 15) is 4.79 Å². The molecule has 148 valence electrons. The van der Waals surface area contributed by atoms with Crippen molar-refractivity contribution in [3.8, 4) is 0 Å². The first-order valence-electron chi connectivity index (χ1n) is 10.2. The van der Waals surface area contributed by atoms with E-state index >= 15 is 0 Å². The molecule has 0 bridgehead atoms. The predicted molar refractivity (Wildman–Crippen MR) is 115 cm³/mol. The predicted octanol–water partition coefficient (Wildman–Crippen LogP) is 4.69. The summed E-state index contributed by atoms with van der Waals surface area (Å²) in [4.78, 5) is 25.9. The van der Waals surface area contributed by atoms with Gasteiger partial charge in [-0.1, -0.05) is 55.5 Å². The first kappa shape index (κ1) is 19.1. The fraction of sp³-hybridized carbons (Fsp3) is 0.292. The fourth-order valence-corrected chi connectivity index (χ4v) is 3.62. The van der Waals surface area contributed by atoms with E-state index in [0.29, 0.717) is 24.0 Å². The molecule has 29 heavy (non-hydrogen) atoms. The molecule has 2 aromatic carbocycles. The van der Waals surface area contributed by atoms with Gasteiger partial charge in [-0.2, -0.15) is 0 Å². The Hall–Kier alpha value is -3.21. The van der Waals surface area contributed by atoms with Gasteiger partial charge in [-0.15, -0.1) is 0 Å². The highest BCUT2D eigenvalue weighted by atomic mass is 16.2. The summed E-state index contributed by atoms with van der Waals surface area (Å²) >= 11 is 0. The molecule has 0 atom stereocenters. The summed E-state index contributed by atoms with van der Waals surface area (Å²) in [5.74, 6) is 1.30. The number of aromatic nitrogens is 2. The van der Waals surface area contributed by atoms with Crippen LogP contribution >= 0.6 is 0 Å². The third-order valence-electron chi connectivity index (χ3n) is 5.45. The molecule has 5 heteroatoms. The number of hydrogen-bond acceptors (Lipinski definition) is 4. The monoisotopic (exact) mass is 386 g/mol. The lowest BCUT2D eigenvalue weighted by Gasteiger charge is -2.30. The van der Waals surface area contributed by atoms with Crippen LogP contribution in [0.25, 0.3) is 0 Å². The van der Waals surface area contributed by atoms with E-state index in [1.807, 2.05) is 53.4 Å². The zero-order chi connectivity index (χ0) is 20.1. The van der Waals surface area contributed by atoms with Crippen molar-refractivity contribution in [1.29, 1.82) is 0 Å². The highest BCUT2D eigenvalue weighted by Crippen LogP contribution is 2.24. The molecule has 4 rings (SSSR count). The second-order valence-electron chi connectivity index (χ2n) is 7.65. The van der Waals surface area contributed by atoms with Crippen LogP contribution in [0.2, 0.25) is 0 Å². The largest absolute Gasteiger partial charge is 0.339 e. The van der Waals surface area contributed by atoms with E-state index in [-0.39, 0.29) is 5.91 Å². The topological polar surface area (TPSA) is 49.3 Å². The van der Waals surface area contributed by atoms with Gasteiger partial charge in [0.25, 0.3) is 5.91 Å². The SMILES string of the molecule is CC1CCN(C(=O)c2cnc(N(Cc3ccccc3)c3ccccc3)nc2)CC1. The van der Waals surface area contributed by atoms with Gasteiger partial charge in [-0.05, 0) is 36.5 Å². The molecule has 0 N–H and O–H groups in total. The Morgan fingerprint density at radius 3 is 2.17 bits per heavy atom. The van der Waals surface area contributed by atoms with Gasteiger partial charge in [-0.3, -0.25) is 4.79 Å². The number of anilines is 2. The minimum absolute atomic E-state index is 0.0257. The average Bonchev–Trinajstić information content (AvgIpc) is 2.79. The van der Waals surface area contributed by atoms with Crippen LogP contribution < -0.4 is 4.90 Å². The molecule has 0 saturated carbocycles. The quantitative estimate of drug-likeness (QED) is 0.638. The zero-order valence-electron chi connectivity index (χ0n) is 16.7. The highest BCUT2D eigenvalue weighted by molar-refractivity contribution is 5.93. The van der Waals surface area contributed by atoms with Crippen molar-refractivity contribution in [1.82, 2.24) is 14.9 Å². The van der Waals surface area contributed by atoms with Gasteiger partial charge in [0.05, 0.1) is 12.1 Å². The number of likely N-dealkylation sites (tertiary alicyclic amines) is 1. The summed E-state index contributed by atoms with van der Waals surface area (Å²) in [5.41, 5.74) is 2.74. The number of hydrogen-bond donors (Lipinski definition) is 0. The Labute approximate surface area is 172 Å². The van der Waals surface area contributed by atoms with E-state index in [1.54, 1.807) is 12.4 Å². The summed E-state index contributed by atoms with van der Waals surface area (Å²) in [6, 6.07) is 20.3. The van der Waals surface area contributed by atoms with Crippen LogP contribution in [0.5, 0.6) is 0 Å². The third kappa shape index (κ3) is 4.62. The Bertz CT molecular complexity index is 920. The molecule has 1 aliphatic heterocycles. The Morgan fingerprint density at radius 2 is 1.55 bits per heavy atom. The zero-order valence-corrected chi connectivity index (χ0v) is 16.7. The van der Waals surface area contributed by atoms with Crippen LogP contribution in [0.1, 0.15) is 35.7 Å². The molecule has 1 saturated heterocycles. The molecule has 1 aromatic heterocycles. The van der Waals surface area contributed by atoms with Gasteiger partial charge in [0, 0.05) is 31.2 Å². The van der Waals surface area contributed by atoms with Gasteiger partial charge < -0.3 is 9.80 Å². The molecule has 2 heterocycles. The van der Waals surface area contributed by atoms with Crippen LogP contribution in [0, 0.1) is 5.92 Å². The first-order chi connectivity index (χ1) is 14.2. The first-order valence-corrected chi connectivity index (χ1v) is 10.2. The summed E-state index contributed by atoms with van der Waals surface area (Å²) in [5, 5.41) is 0. The molecule has 1 amide bonds. The number of rotatable bonds is 5. The van der Waals surface area contributed by atoms with Gasteiger partial charge in [0.15, 0.2) is 0 Å². The van der Waals surface area contributed by atoms with Crippen LogP contribution in [0.4, 0.5) is 11.6 Å². The van der Waals surface area contributed by atoms with Crippen molar-refractivity contribution in [2.24, 2.45) is 5.92 Å². The summed E-state index contributed by atoms with van der Waals surface area (Å²) < 4.78 is 0. The normalized spacial score (nSPS) is 14.6. The lowest BCUT2D eigenvalue weighted by molar-refractivity contribution is 0.0696. The third-order valence-corrected chi connectivity index (χ3v) is 5.45. The van der Waals surface area contributed by atoms with Crippen molar-refractivity contribution >= 4 is 17.5 Å². The number of benzene rings is 2. The van der Waals surface area contributed by atoms with E-state index in [2.05, 4.69) is 33.9 Å². The molecule has 0 aliphatic carbocycles. The van der Waals surface area contributed by atoms with Crippen molar-refractivity contribution in [2.45, 2.75) is 26.3 Å². The lowest BCUT2D eigenvalue weighted by atomic mass is 9.99. The van der Waals surface area contributed by atoms with Gasteiger partial charge in [0.2, 0.25) is 5.95 Å². The van der Waals surface area contributed by atoms with E-state index < -0.39 is 0 Å². The van der Waals surface area contributed by atoms with Crippen LogP contribution in [0.15, 0.2) is 73.1 Å². The Morgan fingerprint density at radius 1 is 0.966 bits per heavy atom. The smallest absolute Gasteiger partial charge is 0.256 e. The number of carbonyl (C=O) groups is 1. The second-order valence-corrected chi connectivity index (χ2v) is 7.65. The Kier molecular flexibility index (Phi) is 5.84. The minimum atomic E-state index is 0.0257. The average molecular weight is 386 g/mol. The Balaban J connectivity index is 1.56. The molecule has 5 nitrogen and oxygen atoms in total. The summed E-state index contributed by atoms with van der Waals surface area (Å²) in [6.45, 7) is 4.52.